The first-order valence-electron chi connectivity index (χ1n) is 8.00. The van der Waals surface area contributed by atoms with Gasteiger partial charge in [0, 0.05) is 38.8 Å². The van der Waals surface area contributed by atoms with Gasteiger partial charge in [0.05, 0.1) is 6.10 Å². The number of urea groups is 1. The Morgan fingerprint density at radius 3 is 2.75 bits per heavy atom. The van der Waals surface area contributed by atoms with E-state index in [2.05, 4.69) is 10.2 Å². The Balaban J connectivity index is 1.69. The van der Waals surface area contributed by atoms with Crippen molar-refractivity contribution in [3.8, 4) is 0 Å². The largest absolute Gasteiger partial charge is 0.393 e. The molecule has 2 atom stereocenters. The fraction of sp³-hybridized carbons (Fsp3) is 0.933. The van der Waals surface area contributed by atoms with Crippen LogP contribution in [-0.2, 0) is 0 Å². The van der Waals surface area contributed by atoms with Gasteiger partial charge in [0.25, 0.3) is 0 Å². The minimum Gasteiger partial charge on any atom is -0.393 e. The maximum atomic E-state index is 12.1. The van der Waals surface area contributed by atoms with Gasteiger partial charge in [0.15, 0.2) is 0 Å². The summed E-state index contributed by atoms with van der Waals surface area (Å²) >= 11 is 0. The highest BCUT2D eigenvalue weighted by molar-refractivity contribution is 5.74. The SMILES string of the molecule is CC(O)CCN(C)C(=O)NC1CCN(C2CCCC2)C1. The van der Waals surface area contributed by atoms with Crippen LogP contribution in [-0.4, -0.2) is 65.8 Å². The second kappa shape index (κ2) is 7.27. The van der Waals surface area contributed by atoms with Gasteiger partial charge in [-0.25, -0.2) is 4.79 Å². The van der Waals surface area contributed by atoms with Crippen LogP contribution in [0.15, 0.2) is 0 Å². The van der Waals surface area contributed by atoms with Gasteiger partial charge in [-0.2, -0.15) is 0 Å². The first kappa shape index (κ1) is 15.6. The molecule has 0 bridgehead atoms. The second-order valence-electron chi connectivity index (χ2n) is 6.43. The van der Waals surface area contributed by atoms with Crippen LogP contribution in [0.4, 0.5) is 4.79 Å². The van der Waals surface area contributed by atoms with Crippen LogP contribution in [0.5, 0.6) is 0 Å². The molecule has 5 heteroatoms. The fourth-order valence-corrected chi connectivity index (χ4v) is 3.27. The summed E-state index contributed by atoms with van der Waals surface area (Å²) in [6.45, 7) is 4.47. The Hall–Kier alpha value is -0.810. The van der Waals surface area contributed by atoms with Crippen LogP contribution in [0.1, 0.15) is 45.4 Å². The molecule has 2 unspecified atom stereocenters. The molecule has 2 amide bonds. The average molecular weight is 283 g/mol. The van der Waals surface area contributed by atoms with Gasteiger partial charge in [-0.1, -0.05) is 12.8 Å². The zero-order valence-electron chi connectivity index (χ0n) is 12.8. The molecule has 2 rings (SSSR count). The van der Waals surface area contributed by atoms with Gasteiger partial charge < -0.3 is 15.3 Å². The Bertz CT molecular complexity index is 316. The molecule has 2 fully saturated rings. The van der Waals surface area contributed by atoms with E-state index in [4.69, 9.17) is 0 Å². The van der Waals surface area contributed by atoms with E-state index in [0.29, 0.717) is 13.0 Å². The highest BCUT2D eigenvalue weighted by Crippen LogP contribution is 2.26. The monoisotopic (exact) mass is 283 g/mol. The van der Waals surface area contributed by atoms with Gasteiger partial charge in [0.1, 0.15) is 0 Å². The number of nitrogens with one attached hydrogen (secondary N) is 1. The first-order chi connectivity index (χ1) is 9.56. The lowest BCUT2D eigenvalue weighted by Crippen LogP contribution is -2.45. The first-order valence-corrected chi connectivity index (χ1v) is 8.00. The van der Waals surface area contributed by atoms with E-state index in [9.17, 15) is 9.90 Å². The molecule has 20 heavy (non-hydrogen) atoms. The van der Waals surface area contributed by atoms with Crippen LogP contribution in [0.2, 0.25) is 0 Å². The number of aliphatic hydroxyl groups excluding tert-OH is 1. The van der Waals surface area contributed by atoms with Gasteiger partial charge in [0.2, 0.25) is 0 Å². The van der Waals surface area contributed by atoms with Crippen LogP contribution in [0.3, 0.4) is 0 Å². The molecule has 0 aromatic heterocycles. The smallest absolute Gasteiger partial charge is 0.317 e. The van der Waals surface area contributed by atoms with Crippen molar-refractivity contribution < 1.29 is 9.90 Å². The molecule has 0 aromatic carbocycles. The quantitative estimate of drug-likeness (QED) is 0.802. The maximum Gasteiger partial charge on any atom is 0.317 e. The van der Waals surface area contributed by atoms with Gasteiger partial charge in [-0.05, 0) is 32.6 Å². The van der Waals surface area contributed by atoms with E-state index in [1.807, 2.05) is 0 Å². The van der Waals surface area contributed by atoms with Gasteiger partial charge in [-0.15, -0.1) is 0 Å². The number of aliphatic hydroxyl groups is 1. The molecule has 1 heterocycles. The van der Waals surface area contributed by atoms with Crippen molar-refractivity contribution in [3.63, 3.8) is 0 Å². The average Bonchev–Trinajstić information content (AvgIpc) is 3.05. The van der Waals surface area contributed by atoms with Crippen LogP contribution in [0, 0.1) is 0 Å². The Morgan fingerprint density at radius 2 is 2.10 bits per heavy atom. The lowest BCUT2D eigenvalue weighted by Gasteiger charge is -2.24. The number of rotatable bonds is 5. The van der Waals surface area contributed by atoms with E-state index in [1.165, 1.54) is 25.7 Å². The lowest BCUT2D eigenvalue weighted by atomic mass is 10.2. The highest BCUT2D eigenvalue weighted by atomic mass is 16.3. The Kier molecular flexibility index (Phi) is 5.66. The van der Waals surface area contributed by atoms with E-state index in [0.717, 1.165) is 25.6 Å². The standard InChI is InChI=1S/C15H29N3O2/c1-12(19)7-9-17(2)15(20)16-13-8-10-18(11-13)14-5-3-4-6-14/h12-14,19H,3-11H2,1-2H3,(H,16,20). The van der Waals surface area contributed by atoms with E-state index in [-0.39, 0.29) is 18.2 Å². The number of carbonyl (C=O) groups is 1. The van der Waals surface area contributed by atoms with Crippen molar-refractivity contribution in [3.05, 3.63) is 0 Å². The van der Waals surface area contributed by atoms with Crippen LogP contribution >= 0.6 is 0 Å². The predicted octanol–water partition coefficient (Wildman–Crippen LogP) is 1.42. The number of amides is 2. The Labute approximate surface area is 122 Å². The molecule has 5 nitrogen and oxygen atoms in total. The summed E-state index contributed by atoms with van der Waals surface area (Å²) in [7, 11) is 1.79. The molecular weight excluding hydrogens is 254 g/mol. The molecule has 0 aromatic rings. The summed E-state index contributed by atoms with van der Waals surface area (Å²) in [6, 6.07) is 1.03. The summed E-state index contributed by atoms with van der Waals surface area (Å²) < 4.78 is 0. The van der Waals surface area contributed by atoms with Gasteiger partial charge in [-0.3, -0.25) is 4.90 Å². The van der Waals surface area contributed by atoms with Crippen molar-refractivity contribution in [1.29, 1.82) is 0 Å². The Morgan fingerprint density at radius 1 is 1.40 bits per heavy atom. The second-order valence-corrected chi connectivity index (χ2v) is 6.43. The van der Waals surface area contributed by atoms with E-state index < -0.39 is 0 Å². The molecule has 0 radical (unpaired) electrons. The zero-order chi connectivity index (χ0) is 14.5. The maximum absolute atomic E-state index is 12.1. The van der Waals surface area contributed by atoms with Crippen molar-refractivity contribution in [2.45, 2.75) is 63.6 Å². The normalized spacial score (nSPS) is 25.9. The van der Waals surface area contributed by atoms with E-state index in [1.54, 1.807) is 18.9 Å². The summed E-state index contributed by atoms with van der Waals surface area (Å²) in [4.78, 5) is 16.3. The van der Waals surface area contributed by atoms with Crippen molar-refractivity contribution in [2.24, 2.45) is 0 Å². The number of hydrogen-bond acceptors (Lipinski definition) is 3. The molecule has 1 saturated heterocycles. The minimum absolute atomic E-state index is 0.0103. The van der Waals surface area contributed by atoms with Crippen molar-refractivity contribution >= 4 is 6.03 Å². The predicted molar refractivity (Wildman–Crippen MR) is 79.7 cm³/mol. The lowest BCUT2D eigenvalue weighted by molar-refractivity contribution is 0.162. The highest BCUT2D eigenvalue weighted by Gasteiger charge is 2.30. The third-order valence-electron chi connectivity index (χ3n) is 4.62. The van der Waals surface area contributed by atoms with E-state index >= 15 is 0 Å². The van der Waals surface area contributed by atoms with Crippen LogP contribution < -0.4 is 5.32 Å². The summed E-state index contributed by atoms with van der Waals surface area (Å²) in [5.74, 6) is 0. The molecule has 2 aliphatic rings. The third kappa shape index (κ3) is 4.35. The molecular formula is C15H29N3O2. The number of hydrogen-bond donors (Lipinski definition) is 2. The molecule has 0 spiro atoms. The minimum atomic E-state index is -0.352. The van der Waals surface area contributed by atoms with Crippen LogP contribution in [0.25, 0.3) is 0 Å². The summed E-state index contributed by atoms with van der Waals surface area (Å²) in [5.41, 5.74) is 0. The fourth-order valence-electron chi connectivity index (χ4n) is 3.27. The molecule has 1 aliphatic heterocycles. The number of carbonyl (C=O) groups excluding carboxylic acids is 1. The summed E-state index contributed by atoms with van der Waals surface area (Å²) in [5, 5.41) is 12.4. The third-order valence-corrected chi connectivity index (χ3v) is 4.62. The molecule has 2 N–H and O–H groups in total. The summed E-state index contributed by atoms with van der Waals surface area (Å²) in [6.07, 6.45) is 6.72. The zero-order valence-corrected chi connectivity index (χ0v) is 12.8. The van der Waals surface area contributed by atoms with Crippen molar-refractivity contribution in [1.82, 2.24) is 15.1 Å². The van der Waals surface area contributed by atoms with Gasteiger partial charge >= 0.3 is 6.03 Å². The number of likely N-dealkylation sites (tertiary alicyclic amines) is 1. The number of nitrogens with zero attached hydrogens (tertiary/aromatic N) is 2. The molecule has 1 aliphatic carbocycles. The molecule has 116 valence electrons. The topological polar surface area (TPSA) is 55.8 Å². The van der Waals surface area contributed by atoms with Crippen molar-refractivity contribution in [2.75, 3.05) is 26.7 Å². The molecule has 1 saturated carbocycles.